The van der Waals surface area contributed by atoms with E-state index in [1.54, 1.807) is 18.6 Å². The molecule has 0 saturated carbocycles. The quantitative estimate of drug-likeness (QED) is 0.341. The zero-order valence-corrected chi connectivity index (χ0v) is 18.4. The third-order valence-corrected chi connectivity index (χ3v) is 5.35. The molecule has 5 rings (SSSR count). The summed E-state index contributed by atoms with van der Waals surface area (Å²) in [5.74, 6) is 1.34. The van der Waals surface area contributed by atoms with Crippen molar-refractivity contribution < 1.29 is 4.74 Å². The Kier molecular flexibility index (Phi) is 5.61. The Morgan fingerprint density at radius 2 is 1.79 bits per heavy atom. The van der Waals surface area contributed by atoms with Crippen LogP contribution >= 0.6 is 0 Å². The maximum Gasteiger partial charge on any atom is 0.259 e. The van der Waals surface area contributed by atoms with Gasteiger partial charge in [-0.2, -0.15) is 0 Å². The van der Waals surface area contributed by atoms with Gasteiger partial charge in [-0.1, -0.05) is 30.3 Å². The van der Waals surface area contributed by atoms with E-state index in [9.17, 15) is 4.79 Å². The lowest BCUT2D eigenvalue weighted by atomic mass is 10.0. The lowest BCUT2D eigenvalue weighted by Crippen LogP contribution is -2.09. The minimum atomic E-state index is -0.237. The number of benzene rings is 2. The normalized spacial score (nSPS) is 10.9. The summed E-state index contributed by atoms with van der Waals surface area (Å²) in [6, 6.07) is 19.5. The Balaban J connectivity index is 1.61. The molecule has 0 radical (unpaired) electrons. The van der Waals surface area contributed by atoms with E-state index in [0.717, 1.165) is 28.0 Å². The number of nitrogens with two attached hydrogens (primary N) is 1. The monoisotopic (exact) mass is 450 g/mol. The van der Waals surface area contributed by atoms with Crippen LogP contribution in [-0.4, -0.2) is 26.5 Å². The molecule has 4 N–H and O–H groups in total. The number of nitrogen functional groups attached to an aromatic ring is 1. The van der Waals surface area contributed by atoms with Crippen molar-refractivity contribution in [3.8, 4) is 28.1 Å². The molecule has 3 aromatic heterocycles. The van der Waals surface area contributed by atoms with Crippen LogP contribution in [0.3, 0.4) is 0 Å². The fourth-order valence-electron chi connectivity index (χ4n) is 3.79. The van der Waals surface area contributed by atoms with Crippen LogP contribution in [0, 0.1) is 0 Å². The van der Waals surface area contributed by atoms with E-state index in [1.165, 1.54) is 0 Å². The molecule has 0 spiro atoms. The molecule has 8 nitrogen and oxygen atoms in total. The van der Waals surface area contributed by atoms with Gasteiger partial charge in [0, 0.05) is 41.5 Å². The number of anilines is 3. The highest BCUT2D eigenvalue weighted by atomic mass is 16.5. The maximum absolute atomic E-state index is 12.7. The molecule has 0 fully saturated rings. The highest BCUT2D eigenvalue weighted by molar-refractivity contribution is 5.95. The fourth-order valence-corrected chi connectivity index (χ4v) is 3.79. The summed E-state index contributed by atoms with van der Waals surface area (Å²) in [7, 11) is 0. The molecule has 8 heteroatoms. The van der Waals surface area contributed by atoms with E-state index >= 15 is 0 Å². The number of rotatable bonds is 6. The van der Waals surface area contributed by atoms with Crippen molar-refractivity contribution in [3.63, 3.8) is 0 Å². The smallest absolute Gasteiger partial charge is 0.259 e. The number of pyridine rings is 2. The molecule has 0 atom stereocenters. The minimum Gasteiger partial charge on any atom is -0.493 e. The minimum absolute atomic E-state index is 0.182. The van der Waals surface area contributed by atoms with Crippen molar-refractivity contribution in [3.05, 3.63) is 89.6 Å². The number of nitrogens with zero attached hydrogens (tertiary/aromatic N) is 3. The summed E-state index contributed by atoms with van der Waals surface area (Å²) in [4.78, 5) is 28.3. The van der Waals surface area contributed by atoms with Crippen LogP contribution in [0.2, 0.25) is 0 Å². The predicted molar refractivity (Wildman–Crippen MR) is 134 cm³/mol. The Hall–Kier alpha value is -4.72. The molecule has 0 unspecified atom stereocenters. The van der Waals surface area contributed by atoms with Crippen molar-refractivity contribution in [2.24, 2.45) is 0 Å². The average Bonchev–Trinajstić information content (AvgIpc) is 2.85. The lowest BCUT2D eigenvalue weighted by molar-refractivity contribution is 0.342. The Morgan fingerprint density at radius 1 is 1.00 bits per heavy atom. The number of ether oxygens (including phenoxy) is 1. The lowest BCUT2D eigenvalue weighted by Gasteiger charge is -2.15. The molecule has 0 amide bonds. The Labute approximate surface area is 195 Å². The van der Waals surface area contributed by atoms with Crippen molar-refractivity contribution in [2.45, 2.75) is 6.92 Å². The van der Waals surface area contributed by atoms with E-state index in [4.69, 9.17) is 15.5 Å². The van der Waals surface area contributed by atoms with Crippen LogP contribution in [-0.2, 0) is 0 Å². The van der Waals surface area contributed by atoms with Gasteiger partial charge in [-0.25, -0.2) is 15.0 Å². The molecule has 0 saturated heterocycles. The molecule has 0 bridgehead atoms. The first kappa shape index (κ1) is 21.1. The third-order valence-electron chi connectivity index (χ3n) is 5.35. The second-order valence-electron chi connectivity index (χ2n) is 7.59. The van der Waals surface area contributed by atoms with Gasteiger partial charge in [0.2, 0.25) is 5.95 Å². The van der Waals surface area contributed by atoms with Gasteiger partial charge < -0.3 is 20.8 Å². The van der Waals surface area contributed by atoms with Crippen LogP contribution < -0.4 is 21.3 Å². The molecule has 0 aliphatic heterocycles. The van der Waals surface area contributed by atoms with E-state index in [2.05, 4.69) is 20.3 Å². The zero-order valence-electron chi connectivity index (χ0n) is 18.4. The first-order chi connectivity index (χ1) is 16.6. The SMILES string of the molecule is CCOc1cc(Nc2nc(-c3cnc(N)nc3)cc3cc[nH]c(=O)c23)ccc1-c1ccccc1. The van der Waals surface area contributed by atoms with E-state index in [0.29, 0.717) is 29.1 Å². The van der Waals surface area contributed by atoms with Gasteiger partial charge in [-0.3, -0.25) is 4.79 Å². The van der Waals surface area contributed by atoms with E-state index in [1.807, 2.05) is 67.6 Å². The summed E-state index contributed by atoms with van der Waals surface area (Å²) in [6.07, 6.45) is 4.82. The van der Waals surface area contributed by atoms with E-state index in [-0.39, 0.29) is 11.5 Å². The van der Waals surface area contributed by atoms with Crippen LogP contribution in [0.15, 0.2) is 84.0 Å². The topological polar surface area (TPSA) is 119 Å². The molecule has 5 aromatic rings. The maximum atomic E-state index is 12.7. The number of hydrogen-bond donors (Lipinski definition) is 3. The van der Waals surface area contributed by atoms with Crippen LogP contribution in [0.1, 0.15) is 6.92 Å². The van der Waals surface area contributed by atoms with Crippen molar-refractivity contribution in [2.75, 3.05) is 17.7 Å². The van der Waals surface area contributed by atoms with Gasteiger partial charge in [-0.15, -0.1) is 0 Å². The number of aromatic nitrogens is 4. The molecule has 0 aliphatic carbocycles. The Bertz CT molecular complexity index is 1510. The fraction of sp³-hybridized carbons (Fsp3) is 0.0769. The summed E-state index contributed by atoms with van der Waals surface area (Å²) in [5.41, 5.74) is 9.48. The number of fused-ring (bicyclic) bond motifs is 1. The summed E-state index contributed by atoms with van der Waals surface area (Å²) in [6.45, 7) is 2.47. The molecule has 34 heavy (non-hydrogen) atoms. The van der Waals surface area contributed by atoms with Crippen molar-refractivity contribution >= 4 is 28.2 Å². The largest absolute Gasteiger partial charge is 0.493 e. The number of hydrogen-bond acceptors (Lipinski definition) is 7. The molecule has 0 aliphatic rings. The summed E-state index contributed by atoms with van der Waals surface area (Å²) >= 11 is 0. The standard InChI is InChI=1S/C26H22N6O2/c1-2-34-22-13-19(8-9-20(22)16-6-4-3-5-7-16)31-24-23-17(10-11-28-25(23)33)12-21(32-24)18-14-29-26(27)30-15-18/h3-15H,2H2,1H3,(H,28,33)(H,31,32)(H2,27,29,30). The average molecular weight is 451 g/mol. The molecule has 2 aromatic carbocycles. The number of aromatic amines is 1. The van der Waals surface area contributed by atoms with Crippen LogP contribution in [0.25, 0.3) is 33.2 Å². The third kappa shape index (κ3) is 4.16. The van der Waals surface area contributed by atoms with Crippen molar-refractivity contribution in [1.82, 2.24) is 19.9 Å². The second-order valence-corrected chi connectivity index (χ2v) is 7.59. The predicted octanol–water partition coefficient (Wildman–Crippen LogP) is 4.77. The molecule has 3 heterocycles. The van der Waals surface area contributed by atoms with Gasteiger partial charge in [-0.05, 0) is 42.1 Å². The summed E-state index contributed by atoms with van der Waals surface area (Å²) < 4.78 is 5.93. The highest BCUT2D eigenvalue weighted by Crippen LogP contribution is 2.34. The van der Waals surface area contributed by atoms with Crippen LogP contribution in [0.5, 0.6) is 5.75 Å². The number of nitrogens with one attached hydrogen (secondary N) is 2. The van der Waals surface area contributed by atoms with Gasteiger partial charge >= 0.3 is 0 Å². The van der Waals surface area contributed by atoms with E-state index < -0.39 is 0 Å². The first-order valence-corrected chi connectivity index (χ1v) is 10.8. The van der Waals surface area contributed by atoms with Gasteiger partial charge in [0.1, 0.15) is 11.6 Å². The second kappa shape index (κ2) is 9.03. The number of H-pyrrole nitrogens is 1. The zero-order chi connectivity index (χ0) is 23.5. The van der Waals surface area contributed by atoms with Gasteiger partial charge in [0.25, 0.3) is 5.56 Å². The summed E-state index contributed by atoms with van der Waals surface area (Å²) in [5, 5.41) is 4.50. The molecular formula is C26H22N6O2. The van der Waals surface area contributed by atoms with Gasteiger partial charge in [0.15, 0.2) is 0 Å². The molecular weight excluding hydrogens is 428 g/mol. The van der Waals surface area contributed by atoms with Gasteiger partial charge in [0.05, 0.1) is 17.7 Å². The highest BCUT2D eigenvalue weighted by Gasteiger charge is 2.14. The van der Waals surface area contributed by atoms with Crippen LogP contribution in [0.4, 0.5) is 17.5 Å². The molecule has 168 valence electrons. The Morgan fingerprint density at radius 3 is 2.56 bits per heavy atom. The first-order valence-electron chi connectivity index (χ1n) is 10.8. The van der Waals surface area contributed by atoms with Crippen molar-refractivity contribution in [1.29, 1.82) is 0 Å².